The van der Waals surface area contributed by atoms with E-state index in [-0.39, 0.29) is 0 Å². The van der Waals surface area contributed by atoms with Crippen LogP contribution >= 0.6 is 0 Å². The van der Waals surface area contributed by atoms with Crippen molar-refractivity contribution in [2.75, 3.05) is 0 Å². The van der Waals surface area contributed by atoms with Crippen molar-refractivity contribution in [3.8, 4) is 0 Å². The molecule has 0 radical (unpaired) electrons. The topological polar surface area (TPSA) is 12.4 Å². The lowest BCUT2D eigenvalue weighted by Crippen LogP contribution is -2.01. The van der Waals surface area contributed by atoms with E-state index in [2.05, 4.69) is 69.5 Å². The minimum Gasteiger partial charge on any atom is -0.284 e. The molecule has 0 spiro atoms. The average molecular weight is 263 g/mol. The Labute approximate surface area is 121 Å². The lowest BCUT2D eigenvalue weighted by molar-refractivity contribution is 0.517. The summed E-state index contributed by atoms with van der Waals surface area (Å²) in [5.41, 5.74) is 6.68. The highest BCUT2D eigenvalue weighted by Crippen LogP contribution is 2.38. The summed E-state index contributed by atoms with van der Waals surface area (Å²) in [6, 6.07) is 15.6. The fourth-order valence-electron chi connectivity index (χ4n) is 3.06. The summed E-state index contributed by atoms with van der Waals surface area (Å²) < 4.78 is 0. The molecule has 1 nitrogen and oxygen atoms in total. The van der Waals surface area contributed by atoms with Gasteiger partial charge in [-0.1, -0.05) is 55.0 Å². The largest absolute Gasteiger partial charge is 0.284 e. The van der Waals surface area contributed by atoms with Gasteiger partial charge in [-0.3, -0.25) is 4.99 Å². The third kappa shape index (κ3) is 2.40. The molecule has 0 aliphatic heterocycles. The van der Waals surface area contributed by atoms with Crippen LogP contribution in [0.2, 0.25) is 0 Å². The summed E-state index contributed by atoms with van der Waals surface area (Å²) in [5.74, 6) is 0.591. The fraction of sp³-hybridized carbons (Fsp3) is 0.316. The average Bonchev–Trinajstić information content (AvgIpc) is 2.75. The maximum atomic E-state index is 4.89. The Morgan fingerprint density at radius 1 is 1.10 bits per heavy atom. The van der Waals surface area contributed by atoms with Gasteiger partial charge in [-0.05, 0) is 48.4 Å². The van der Waals surface area contributed by atoms with E-state index < -0.39 is 0 Å². The van der Waals surface area contributed by atoms with Crippen LogP contribution in [0.15, 0.2) is 47.5 Å². The maximum Gasteiger partial charge on any atom is 0.0780 e. The molecule has 2 unspecified atom stereocenters. The summed E-state index contributed by atoms with van der Waals surface area (Å²) in [6.45, 7) is 6.57. The molecule has 0 saturated carbocycles. The minimum atomic E-state index is 0.311. The summed E-state index contributed by atoms with van der Waals surface area (Å²) in [6.07, 6.45) is 3.20. The van der Waals surface area contributed by atoms with Gasteiger partial charge in [0.25, 0.3) is 0 Å². The molecule has 0 aromatic heterocycles. The first-order valence-electron chi connectivity index (χ1n) is 7.33. The first kappa shape index (κ1) is 13.1. The number of benzene rings is 2. The van der Waals surface area contributed by atoms with E-state index in [0.717, 1.165) is 6.42 Å². The van der Waals surface area contributed by atoms with E-state index in [9.17, 15) is 0 Å². The molecule has 20 heavy (non-hydrogen) atoms. The maximum absolute atomic E-state index is 4.89. The summed E-state index contributed by atoms with van der Waals surface area (Å²) in [5, 5.41) is 0. The smallest absolute Gasteiger partial charge is 0.0780 e. The molecule has 2 aromatic rings. The van der Waals surface area contributed by atoms with Gasteiger partial charge in [0.2, 0.25) is 0 Å². The van der Waals surface area contributed by atoms with Crippen LogP contribution < -0.4 is 0 Å². The summed E-state index contributed by atoms with van der Waals surface area (Å²) in [4.78, 5) is 4.89. The molecule has 0 heterocycles. The molecule has 102 valence electrons. The molecule has 1 aliphatic rings. The molecule has 3 rings (SSSR count). The Morgan fingerprint density at radius 3 is 2.75 bits per heavy atom. The molecule has 0 bridgehead atoms. The number of aliphatic imine (C=N–C) groups is 1. The Hall–Kier alpha value is -1.89. The zero-order chi connectivity index (χ0) is 14.1. The highest BCUT2D eigenvalue weighted by Gasteiger charge is 2.27. The zero-order valence-corrected chi connectivity index (χ0v) is 12.4. The Morgan fingerprint density at radius 2 is 1.90 bits per heavy atom. The molecule has 0 fully saturated rings. The molecular weight excluding hydrogens is 242 g/mol. The second-order valence-electron chi connectivity index (χ2n) is 5.96. The van der Waals surface area contributed by atoms with Gasteiger partial charge < -0.3 is 0 Å². The van der Waals surface area contributed by atoms with Crippen LogP contribution in [0.4, 0.5) is 0 Å². The predicted molar refractivity (Wildman–Crippen MR) is 85.6 cm³/mol. The van der Waals surface area contributed by atoms with E-state index >= 15 is 0 Å². The molecule has 1 aliphatic carbocycles. The number of nitrogens with zero attached hydrogens (tertiary/aromatic N) is 1. The highest BCUT2D eigenvalue weighted by molar-refractivity contribution is 5.82. The summed E-state index contributed by atoms with van der Waals surface area (Å²) in [7, 11) is 0. The molecule has 2 aromatic carbocycles. The van der Waals surface area contributed by atoms with Crippen LogP contribution in [0.25, 0.3) is 0 Å². The van der Waals surface area contributed by atoms with Gasteiger partial charge in [0.05, 0.1) is 6.04 Å². The van der Waals surface area contributed by atoms with E-state index in [1.54, 1.807) is 0 Å². The quantitative estimate of drug-likeness (QED) is 0.699. The molecule has 0 amide bonds. The molecule has 2 atom stereocenters. The lowest BCUT2D eigenvalue weighted by Gasteiger charge is -2.11. The first-order chi connectivity index (χ1) is 9.65. The van der Waals surface area contributed by atoms with E-state index in [1.165, 1.54) is 27.8 Å². The van der Waals surface area contributed by atoms with Crippen molar-refractivity contribution in [1.29, 1.82) is 0 Å². The van der Waals surface area contributed by atoms with Crippen LogP contribution in [0.5, 0.6) is 0 Å². The van der Waals surface area contributed by atoms with Crippen molar-refractivity contribution in [3.63, 3.8) is 0 Å². The van der Waals surface area contributed by atoms with Gasteiger partial charge in [0.15, 0.2) is 0 Å². The monoisotopic (exact) mass is 263 g/mol. The normalized spacial score (nSPS) is 21.4. The third-order valence-corrected chi connectivity index (χ3v) is 4.26. The molecule has 0 saturated heterocycles. The van der Waals surface area contributed by atoms with Crippen LogP contribution in [0.1, 0.15) is 40.8 Å². The highest BCUT2D eigenvalue weighted by atomic mass is 14.8. The van der Waals surface area contributed by atoms with Crippen molar-refractivity contribution in [3.05, 3.63) is 70.3 Å². The van der Waals surface area contributed by atoms with Crippen molar-refractivity contribution in [2.24, 2.45) is 10.9 Å². The Bertz CT molecular complexity index is 655. The van der Waals surface area contributed by atoms with Gasteiger partial charge in [0, 0.05) is 6.21 Å². The Kier molecular flexibility index (Phi) is 3.43. The second-order valence-corrected chi connectivity index (χ2v) is 5.96. The lowest BCUT2D eigenvalue weighted by atomic mass is 10.0. The van der Waals surface area contributed by atoms with Gasteiger partial charge >= 0.3 is 0 Å². The predicted octanol–water partition coefficient (Wildman–Crippen LogP) is 4.66. The number of aryl methyl sites for hydroxylation is 2. The number of rotatable bonds is 2. The van der Waals surface area contributed by atoms with E-state index in [0.29, 0.717) is 12.0 Å². The molecule has 1 heteroatoms. The second kappa shape index (κ2) is 5.24. The molecule has 0 N–H and O–H groups in total. The zero-order valence-electron chi connectivity index (χ0n) is 12.4. The van der Waals surface area contributed by atoms with Crippen molar-refractivity contribution < 1.29 is 0 Å². The van der Waals surface area contributed by atoms with Gasteiger partial charge in [-0.25, -0.2) is 0 Å². The third-order valence-electron chi connectivity index (χ3n) is 4.26. The van der Waals surface area contributed by atoms with Crippen molar-refractivity contribution in [1.82, 2.24) is 0 Å². The summed E-state index contributed by atoms with van der Waals surface area (Å²) >= 11 is 0. The van der Waals surface area contributed by atoms with E-state index in [1.807, 2.05) is 0 Å². The molecular formula is C19H21N. The number of hydrogen-bond donors (Lipinski definition) is 0. The Balaban J connectivity index is 1.91. The van der Waals surface area contributed by atoms with Crippen molar-refractivity contribution in [2.45, 2.75) is 33.2 Å². The standard InChI is InChI=1S/C19H21N/c1-13-8-9-14(2)17(10-13)12-20-19-15(3)11-16-6-4-5-7-18(16)19/h4-10,12,15,19H,11H2,1-3H3/b20-12+. The fourth-order valence-corrected chi connectivity index (χ4v) is 3.06. The van der Waals surface area contributed by atoms with Gasteiger partial charge in [-0.2, -0.15) is 0 Å². The SMILES string of the molecule is Cc1ccc(C)c(/C=N/C2c3ccccc3CC2C)c1. The number of fused-ring (bicyclic) bond motifs is 1. The van der Waals surface area contributed by atoms with Gasteiger partial charge in [-0.15, -0.1) is 0 Å². The minimum absolute atomic E-state index is 0.311. The van der Waals surface area contributed by atoms with Crippen LogP contribution in [-0.2, 0) is 6.42 Å². The van der Waals surface area contributed by atoms with Gasteiger partial charge in [0.1, 0.15) is 0 Å². The van der Waals surface area contributed by atoms with Crippen LogP contribution in [0.3, 0.4) is 0 Å². The van der Waals surface area contributed by atoms with Crippen molar-refractivity contribution >= 4 is 6.21 Å². The van der Waals surface area contributed by atoms with E-state index in [4.69, 9.17) is 4.99 Å². The van der Waals surface area contributed by atoms with Crippen LogP contribution in [-0.4, -0.2) is 6.21 Å². The number of hydrogen-bond acceptors (Lipinski definition) is 1. The first-order valence-corrected chi connectivity index (χ1v) is 7.33. The van der Waals surface area contributed by atoms with Crippen LogP contribution in [0, 0.1) is 19.8 Å².